The predicted molar refractivity (Wildman–Crippen MR) is 103 cm³/mol. The first-order valence-electron chi connectivity index (χ1n) is 9.38. The van der Waals surface area contributed by atoms with Crippen molar-refractivity contribution in [2.45, 2.75) is 44.4 Å². The van der Waals surface area contributed by atoms with Crippen LogP contribution in [0.5, 0.6) is 0 Å². The summed E-state index contributed by atoms with van der Waals surface area (Å²) in [5.74, 6) is 0.429. The fourth-order valence-electron chi connectivity index (χ4n) is 3.68. The van der Waals surface area contributed by atoms with Crippen LogP contribution >= 0.6 is 0 Å². The van der Waals surface area contributed by atoms with Gasteiger partial charge in [0.05, 0.1) is 23.8 Å². The molecule has 11 heteroatoms. The fraction of sp³-hybridized carbons (Fsp3) is 0.611. The first-order chi connectivity index (χ1) is 13.8. The molecule has 11 nitrogen and oxygen atoms in total. The van der Waals surface area contributed by atoms with Crippen molar-refractivity contribution < 1.29 is 24.9 Å². The molecular formula is C18H26N6O5. The molecule has 3 rings (SSSR count). The van der Waals surface area contributed by atoms with E-state index < -0.39 is 37.2 Å². The molecule has 0 aromatic carbocycles. The molecule has 2 aliphatic heterocycles. The summed E-state index contributed by atoms with van der Waals surface area (Å²) >= 11 is 0. The van der Waals surface area contributed by atoms with E-state index in [4.69, 9.17) is 4.74 Å². The Labute approximate surface area is 168 Å². The quantitative estimate of drug-likeness (QED) is 0.342. The van der Waals surface area contributed by atoms with Crippen molar-refractivity contribution in [3.63, 3.8) is 0 Å². The largest absolute Gasteiger partial charge is 0.394 e. The van der Waals surface area contributed by atoms with Crippen molar-refractivity contribution >= 4 is 17.6 Å². The average molecular weight is 406 g/mol. The molecule has 1 aromatic rings. The normalized spacial score (nSPS) is 27.0. The van der Waals surface area contributed by atoms with E-state index in [2.05, 4.69) is 27.0 Å². The van der Waals surface area contributed by atoms with Crippen LogP contribution in [0.2, 0.25) is 0 Å². The van der Waals surface area contributed by atoms with Crippen LogP contribution < -0.4 is 16.0 Å². The minimum absolute atomic E-state index is 0.0424. The van der Waals surface area contributed by atoms with E-state index in [1.165, 1.54) is 10.8 Å². The maximum atomic E-state index is 12.6. The third kappa shape index (κ3) is 3.73. The minimum Gasteiger partial charge on any atom is -0.394 e. The Morgan fingerprint density at radius 2 is 2.21 bits per heavy atom. The maximum Gasteiger partial charge on any atom is 0.242 e. The van der Waals surface area contributed by atoms with Gasteiger partial charge in [0.1, 0.15) is 42.7 Å². The van der Waals surface area contributed by atoms with E-state index in [0.717, 1.165) is 0 Å². The Kier molecular flexibility index (Phi) is 6.21. The van der Waals surface area contributed by atoms with Gasteiger partial charge in [-0.3, -0.25) is 4.79 Å². The van der Waals surface area contributed by atoms with Crippen LogP contribution in [-0.4, -0.2) is 76.3 Å². The van der Waals surface area contributed by atoms with Crippen LogP contribution in [0.25, 0.3) is 0 Å². The SMILES string of the molecule is CNC(C(=O)NC1=NCNc2c1c(C#N)cn2[C@@H]1O[C@H](CO)C(O)[C@@H]1O)C(C)C. The summed E-state index contributed by atoms with van der Waals surface area (Å²) in [6.45, 7) is 3.50. The number of hydrogen-bond donors (Lipinski definition) is 6. The third-order valence-corrected chi connectivity index (χ3v) is 5.17. The fourth-order valence-corrected chi connectivity index (χ4v) is 3.68. The number of ether oxygens (including phenoxy) is 1. The van der Waals surface area contributed by atoms with Crippen LogP contribution in [0.1, 0.15) is 31.2 Å². The number of amides is 1. The third-order valence-electron chi connectivity index (χ3n) is 5.17. The van der Waals surface area contributed by atoms with Gasteiger partial charge in [-0.1, -0.05) is 13.8 Å². The number of aliphatic hydroxyl groups excluding tert-OH is 3. The molecule has 1 saturated heterocycles. The number of rotatable bonds is 5. The zero-order valence-corrected chi connectivity index (χ0v) is 16.5. The second kappa shape index (κ2) is 8.48. The van der Waals surface area contributed by atoms with E-state index in [9.17, 15) is 25.4 Å². The Bertz CT molecular complexity index is 845. The number of carbonyl (C=O) groups is 1. The first-order valence-corrected chi connectivity index (χ1v) is 9.38. The number of amidine groups is 1. The lowest BCUT2D eigenvalue weighted by Gasteiger charge is -2.24. The summed E-state index contributed by atoms with van der Waals surface area (Å²) in [7, 11) is 1.69. The number of anilines is 1. The molecule has 29 heavy (non-hydrogen) atoms. The molecule has 0 bridgehead atoms. The van der Waals surface area contributed by atoms with Crippen molar-refractivity contribution in [1.29, 1.82) is 5.26 Å². The summed E-state index contributed by atoms with van der Waals surface area (Å²) in [6, 6.07) is 1.62. The molecular weight excluding hydrogens is 380 g/mol. The number of fused-ring (bicyclic) bond motifs is 1. The van der Waals surface area contributed by atoms with Crippen LogP contribution in [0, 0.1) is 17.2 Å². The zero-order chi connectivity index (χ0) is 21.3. The number of aliphatic imine (C=N–C) groups is 1. The molecule has 5 atom stereocenters. The van der Waals surface area contributed by atoms with Crippen molar-refractivity contribution in [1.82, 2.24) is 15.2 Å². The standard InChI is InChI=1S/C18H26N6O5/c1-8(2)12(20-3)17(28)23-15-11-9(4-19)5-24(16(11)22-7-21-15)18-14(27)13(26)10(6-25)29-18/h5,8,10,12-14,18,20,22,25-27H,6-7H2,1-3H3,(H,21,23,28)/t10-,12?,13?,14+,18-/m1/s1. The van der Waals surface area contributed by atoms with Crippen molar-refractivity contribution in [2.75, 3.05) is 25.6 Å². The lowest BCUT2D eigenvalue weighted by atomic mass is 10.0. The summed E-state index contributed by atoms with van der Waals surface area (Å²) in [4.78, 5) is 16.9. The second-order valence-corrected chi connectivity index (χ2v) is 7.36. The van der Waals surface area contributed by atoms with Gasteiger partial charge < -0.3 is 40.6 Å². The van der Waals surface area contributed by atoms with Gasteiger partial charge in [0.15, 0.2) is 6.23 Å². The Morgan fingerprint density at radius 3 is 2.76 bits per heavy atom. The van der Waals surface area contributed by atoms with E-state index in [0.29, 0.717) is 11.4 Å². The Balaban J connectivity index is 1.95. The van der Waals surface area contributed by atoms with E-state index in [1.807, 2.05) is 13.8 Å². The number of nitrogens with one attached hydrogen (secondary N) is 3. The summed E-state index contributed by atoms with van der Waals surface area (Å²) in [5.41, 5.74) is 0.595. The van der Waals surface area contributed by atoms with Gasteiger partial charge >= 0.3 is 0 Å². The van der Waals surface area contributed by atoms with E-state index in [1.54, 1.807) is 7.05 Å². The molecule has 2 aliphatic rings. The summed E-state index contributed by atoms with van der Waals surface area (Å²) < 4.78 is 7.06. The predicted octanol–water partition coefficient (Wildman–Crippen LogP) is -1.54. The number of aliphatic hydroxyl groups is 3. The molecule has 0 aliphatic carbocycles. The lowest BCUT2D eigenvalue weighted by Crippen LogP contribution is -2.48. The van der Waals surface area contributed by atoms with Gasteiger partial charge in [0, 0.05) is 6.20 Å². The Morgan fingerprint density at radius 1 is 1.48 bits per heavy atom. The molecule has 0 radical (unpaired) electrons. The summed E-state index contributed by atoms with van der Waals surface area (Å²) in [5, 5.41) is 48.1. The van der Waals surface area contributed by atoms with E-state index >= 15 is 0 Å². The first kappa shape index (κ1) is 21.2. The number of nitrogens with zero attached hydrogens (tertiary/aromatic N) is 3. The van der Waals surface area contributed by atoms with Gasteiger partial charge in [0.25, 0.3) is 0 Å². The zero-order valence-electron chi connectivity index (χ0n) is 16.5. The topological polar surface area (TPSA) is 164 Å². The van der Waals surface area contributed by atoms with Crippen LogP contribution in [0.4, 0.5) is 5.82 Å². The van der Waals surface area contributed by atoms with Crippen LogP contribution in [-0.2, 0) is 9.53 Å². The number of hydrogen-bond acceptors (Lipinski definition) is 9. The van der Waals surface area contributed by atoms with Crippen LogP contribution in [0.3, 0.4) is 0 Å². The molecule has 0 spiro atoms. The molecule has 1 amide bonds. The molecule has 1 fully saturated rings. The Hall–Kier alpha value is -2.49. The molecule has 0 saturated carbocycles. The smallest absolute Gasteiger partial charge is 0.242 e. The molecule has 2 unspecified atom stereocenters. The van der Waals surface area contributed by atoms with E-state index in [-0.39, 0.29) is 29.9 Å². The second-order valence-electron chi connectivity index (χ2n) is 7.36. The number of carbonyl (C=O) groups excluding carboxylic acids is 1. The van der Waals surface area contributed by atoms with Crippen LogP contribution in [0.15, 0.2) is 11.2 Å². The van der Waals surface area contributed by atoms with Gasteiger partial charge in [-0.05, 0) is 13.0 Å². The van der Waals surface area contributed by atoms with Gasteiger partial charge in [-0.15, -0.1) is 0 Å². The highest BCUT2D eigenvalue weighted by atomic mass is 16.6. The number of aromatic nitrogens is 1. The average Bonchev–Trinajstić information content (AvgIpc) is 3.20. The molecule has 1 aromatic heterocycles. The number of likely N-dealkylation sites (N-methyl/N-ethyl adjacent to an activating group) is 1. The van der Waals surface area contributed by atoms with Gasteiger partial charge in [-0.2, -0.15) is 5.26 Å². The molecule has 158 valence electrons. The maximum absolute atomic E-state index is 12.6. The monoisotopic (exact) mass is 406 g/mol. The van der Waals surface area contributed by atoms with Crippen molar-refractivity contribution in [2.24, 2.45) is 10.9 Å². The molecule has 3 heterocycles. The highest BCUT2D eigenvalue weighted by Gasteiger charge is 2.45. The highest BCUT2D eigenvalue weighted by molar-refractivity contribution is 6.13. The van der Waals surface area contributed by atoms with Gasteiger partial charge in [0.2, 0.25) is 5.91 Å². The van der Waals surface area contributed by atoms with Gasteiger partial charge in [-0.25, -0.2) is 4.99 Å². The van der Waals surface area contributed by atoms with Crippen molar-refractivity contribution in [3.8, 4) is 6.07 Å². The minimum atomic E-state index is -1.30. The summed E-state index contributed by atoms with van der Waals surface area (Å²) in [6.07, 6.45) is -3.07. The highest BCUT2D eigenvalue weighted by Crippen LogP contribution is 2.36. The molecule has 6 N–H and O–H groups in total. The number of nitriles is 1. The van der Waals surface area contributed by atoms with Crippen molar-refractivity contribution in [3.05, 3.63) is 17.3 Å². The lowest BCUT2D eigenvalue weighted by molar-refractivity contribution is -0.122.